The van der Waals surface area contributed by atoms with E-state index in [1.165, 1.54) is 11.4 Å². The summed E-state index contributed by atoms with van der Waals surface area (Å²) in [6.07, 6.45) is 9.31. The number of fused-ring (bicyclic) bond motifs is 1. The molecule has 116 valence electrons. The number of anilines is 2. The summed E-state index contributed by atoms with van der Waals surface area (Å²) in [6, 6.07) is 8.64. The molecule has 3 aromatic rings. The summed E-state index contributed by atoms with van der Waals surface area (Å²) in [5.41, 5.74) is 3.47. The Hall–Kier alpha value is -2.69. The van der Waals surface area contributed by atoms with Crippen LogP contribution in [0.2, 0.25) is 0 Å². The van der Waals surface area contributed by atoms with Crippen LogP contribution in [0.25, 0.3) is 10.9 Å². The number of aromatic nitrogens is 3. The number of hydrogen-bond acceptors (Lipinski definition) is 5. The van der Waals surface area contributed by atoms with Gasteiger partial charge in [0.1, 0.15) is 0 Å². The Morgan fingerprint density at radius 3 is 2.61 bits per heavy atom. The van der Waals surface area contributed by atoms with Crippen molar-refractivity contribution < 1.29 is 0 Å². The maximum atomic E-state index is 4.44. The Bertz CT molecular complexity index is 799. The van der Waals surface area contributed by atoms with Gasteiger partial charge in [-0.05, 0) is 31.2 Å². The average Bonchev–Trinajstić information content (AvgIpc) is 2.62. The lowest BCUT2D eigenvalue weighted by Gasteiger charge is -2.42. The Morgan fingerprint density at radius 2 is 1.78 bits per heavy atom. The van der Waals surface area contributed by atoms with Crippen molar-refractivity contribution in [3.05, 3.63) is 55.2 Å². The van der Waals surface area contributed by atoms with Crippen LogP contribution >= 0.6 is 0 Å². The van der Waals surface area contributed by atoms with Crippen molar-refractivity contribution in [2.45, 2.75) is 13.0 Å². The molecule has 0 radical (unpaired) electrons. The smallest absolute Gasteiger partial charge is 0.0753 e. The SMILES string of the molecule is CC1CN(c2ccncc2)CCN1c1ccnc2ccncc12. The molecule has 4 rings (SSSR count). The van der Waals surface area contributed by atoms with Gasteiger partial charge in [-0.1, -0.05) is 0 Å². The van der Waals surface area contributed by atoms with Crippen LogP contribution in [0.4, 0.5) is 11.4 Å². The largest absolute Gasteiger partial charge is 0.368 e. The van der Waals surface area contributed by atoms with E-state index in [9.17, 15) is 0 Å². The molecule has 5 heteroatoms. The van der Waals surface area contributed by atoms with Crippen LogP contribution in [0.5, 0.6) is 0 Å². The van der Waals surface area contributed by atoms with E-state index in [0.717, 1.165) is 30.5 Å². The number of nitrogens with zero attached hydrogens (tertiary/aromatic N) is 5. The monoisotopic (exact) mass is 305 g/mol. The van der Waals surface area contributed by atoms with E-state index >= 15 is 0 Å². The summed E-state index contributed by atoms with van der Waals surface area (Å²) in [4.78, 5) is 17.7. The van der Waals surface area contributed by atoms with Crippen molar-refractivity contribution in [2.75, 3.05) is 29.4 Å². The molecule has 0 saturated carbocycles. The highest BCUT2D eigenvalue weighted by Crippen LogP contribution is 2.28. The second-order valence-corrected chi connectivity index (χ2v) is 5.92. The van der Waals surface area contributed by atoms with Gasteiger partial charge in [0.2, 0.25) is 0 Å². The minimum absolute atomic E-state index is 0.419. The highest BCUT2D eigenvalue weighted by Gasteiger charge is 2.25. The van der Waals surface area contributed by atoms with Gasteiger partial charge in [-0.15, -0.1) is 0 Å². The van der Waals surface area contributed by atoms with E-state index in [0.29, 0.717) is 6.04 Å². The van der Waals surface area contributed by atoms with Gasteiger partial charge in [0, 0.05) is 73.4 Å². The first-order chi connectivity index (χ1) is 11.3. The molecular weight excluding hydrogens is 286 g/mol. The van der Waals surface area contributed by atoms with Gasteiger partial charge in [-0.25, -0.2) is 0 Å². The van der Waals surface area contributed by atoms with E-state index in [4.69, 9.17) is 0 Å². The zero-order valence-corrected chi connectivity index (χ0v) is 13.1. The highest BCUT2D eigenvalue weighted by atomic mass is 15.3. The lowest BCUT2D eigenvalue weighted by molar-refractivity contribution is 0.552. The minimum atomic E-state index is 0.419. The average molecular weight is 305 g/mol. The number of piperazine rings is 1. The van der Waals surface area contributed by atoms with E-state index in [1.807, 2.05) is 30.9 Å². The molecule has 0 amide bonds. The molecule has 1 atom stereocenters. The Kier molecular flexibility index (Phi) is 3.54. The fourth-order valence-electron chi connectivity index (χ4n) is 3.33. The zero-order valence-electron chi connectivity index (χ0n) is 13.1. The van der Waals surface area contributed by atoms with Crippen molar-refractivity contribution in [3.8, 4) is 0 Å². The molecule has 23 heavy (non-hydrogen) atoms. The van der Waals surface area contributed by atoms with Crippen LogP contribution in [-0.2, 0) is 0 Å². The van der Waals surface area contributed by atoms with Crippen molar-refractivity contribution in [1.29, 1.82) is 0 Å². The quantitative estimate of drug-likeness (QED) is 0.728. The molecule has 0 aliphatic carbocycles. The van der Waals surface area contributed by atoms with Crippen LogP contribution in [0.1, 0.15) is 6.92 Å². The molecular formula is C18H19N5. The van der Waals surface area contributed by atoms with Gasteiger partial charge < -0.3 is 9.80 Å². The molecule has 1 aliphatic heterocycles. The zero-order chi connectivity index (χ0) is 15.6. The second kappa shape index (κ2) is 5.83. The predicted molar refractivity (Wildman–Crippen MR) is 92.8 cm³/mol. The van der Waals surface area contributed by atoms with Crippen molar-refractivity contribution in [1.82, 2.24) is 15.0 Å². The first-order valence-corrected chi connectivity index (χ1v) is 7.93. The molecule has 1 saturated heterocycles. The molecule has 0 bridgehead atoms. The van der Waals surface area contributed by atoms with Crippen LogP contribution < -0.4 is 9.80 Å². The van der Waals surface area contributed by atoms with Crippen molar-refractivity contribution in [3.63, 3.8) is 0 Å². The van der Waals surface area contributed by atoms with E-state index in [1.54, 1.807) is 6.20 Å². The van der Waals surface area contributed by atoms with Crippen molar-refractivity contribution in [2.24, 2.45) is 0 Å². The van der Waals surface area contributed by atoms with Crippen LogP contribution in [0.3, 0.4) is 0 Å². The van der Waals surface area contributed by atoms with Gasteiger partial charge in [0.15, 0.2) is 0 Å². The Labute approximate surface area is 135 Å². The third kappa shape index (κ3) is 2.59. The third-order valence-electron chi connectivity index (χ3n) is 4.48. The molecule has 1 aliphatic rings. The maximum absolute atomic E-state index is 4.44. The predicted octanol–water partition coefficient (Wildman–Crippen LogP) is 2.74. The van der Waals surface area contributed by atoms with Gasteiger partial charge >= 0.3 is 0 Å². The van der Waals surface area contributed by atoms with Gasteiger partial charge in [-0.3, -0.25) is 15.0 Å². The van der Waals surface area contributed by atoms with Gasteiger partial charge in [0.25, 0.3) is 0 Å². The fourth-order valence-corrected chi connectivity index (χ4v) is 3.33. The first kappa shape index (κ1) is 13.9. The fraction of sp³-hybridized carbons (Fsp3) is 0.278. The Balaban J connectivity index is 1.62. The molecule has 0 aromatic carbocycles. The van der Waals surface area contributed by atoms with Crippen LogP contribution in [0, 0.1) is 0 Å². The van der Waals surface area contributed by atoms with Crippen LogP contribution in [-0.4, -0.2) is 40.6 Å². The third-order valence-corrected chi connectivity index (χ3v) is 4.48. The highest BCUT2D eigenvalue weighted by molar-refractivity contribution is 5.90. The van der Waals surface area contributed by atoms with Gasteiger partial charge in [0.05, 0.1) is 5.52 Å². The number of rotatable bonds is 2. The molecule has 0 N–H and O–H groups in total. The first-order valence-electron chi connectivity index (χ1n) is 7.93. The molecule has 3 aromatic heterocycles. The molecule has 1 fully saturated rings. The number of pyridine rings is 3. The maximum Gasteiger partial charge on any atom is 0.0753 e. The topological polar surface area (TPSA) is 45.2 Å². The van der Waals surface area contributed by atoms with Gasteiger partial charge in [-0.2, -0.15) is 0 Å². The van der Waals surface area contributed by atoms with E-state index < -0.39 is 0 Å². The molecule has 1 unspecified atom stereocenters. The standard InChI is InChI=1S/C18H19N5/c1-14-13-22(15-2-6-19-7-3-15)10-11-23(14)18-5-9-21-17-4-8-20-12-16(17)18/h2-9,12,14H,10-11,13H2,1H3. The molecule has 4 heterocycles. The summed E-state index contributed by atoms with van der Waals surface area (Å²) in [5.74, 6) is 0. The normalized spacial score (nSPS) is 18.4. The summed E-state index contributed by atoms with van der Waals surface area (Å²) in [5, 5.41) is 1.12. The second-order valence-electron chi connectivity index (χ2n) is 5.92. The minimum Gasteiger partial charge on any atom is -0.368 e. The summed E-state index contributed by atoms with van der Waals surface area (Å²) in [7, 11) is 0. The Morgan fingerprint density at radius 1 is 0.957 bits per heavy atom. The van der Waals surface area contributed by atoms with E-state index in [-0.39, 0.29) is 0 Å². The lowest BCUT2D eigenvalue weighted by Crippen LogP contribution is -2.52. The summed E-state index contributed by atoms with van der Waals surface area (Å²) < 4.78 is 0. The molecule has 5 nitrogen and oxygen atoms in total. The number of hydrogen-bond donors (Lipinski definition) is 0. The lowest BCUT2D eigenvalue weighted by atomic mass is 10.1. The van der Waals surface area contributed by atoms with E-state index in [2.05, 4.69) is 49.9 Å². The van der Waals surface area contributed by atoms with Crippen LogP contribution in [0.15, 0.2) is 55.2 Å². The molecule has 0 spiro atoms. The summed E-state index contributed by atoms with van der Waals surface area (Å²) in [6.45, 7) is 5.25. The van der Waals surface area contributed by atoms with Crippen molar-refractivity contribution >= 4 is 22.3 Å². The summed E-state index contributed by atoms with van der Waals surface area (Å²) >= 11 is 0.